The number of hydrogen-bond acceptors (Lipinski definition) is 18. The Kier molecular flexibility index (Phi) is 21.5. The highest BCUT2D eigenvalue weighted by atomic mass is 32.2. The van der Waals surface area contributed by atoms with Gasteiger partial charge in [-0.3, -0.25) is 66.6 Å². The first-order valence-corrected chi connectivity index (χ1v) is 28.3. The summed E-state index contributed by atoms with van der Waals surface area (Å²) in [5.74, 6) is -13.0. The molecule has 1 unspecified atom stereocenters. The number of nitrogens with one attached hydrogen (secondary N) is 9. The lowest BCUT2D eigenvalue weighted by Gasteiger charge is -2.32. The summed E-state index contributed by atoms with van der Waals surface area (Å²) in [6, 6.07) is -7.16. The maximum Gasteiger partial charge on any atom is 0.246 e. The Labute approximate surface area is 464 Å². The minimum absolute atomic E-state index is 0.0157. The second kappa shape index (κ2) is 27.8. The van der Waals surface area contributed by atoms with E-state index in [0.29, 0.717) is 17.7 Å². The van der Waals surface area contributed by atoms with Crippen LogP contribution < -0.4 is 53.0 Å². The van der Waals surface area contributed by atoms with Crippen molar-refractivity contribution >= 4 is 104 Å². The number of primary amides is 1. The SMILES string of the molecule is CC[C@H](C)[C@@H]1NC(=O)CNC(=O)[C@@H]2Cc3c([nH]c4c(CSCCNC(=O)CN5C(=O)CCC5=O)c(OC)ccc34)S(=O)C[C@H](NC(=O)CNC1=O)C(=O)N[C@@H](CC(N)=O)C(=O)N1C[C@H](O)C[C@H]1C(=O)N[C@@H]([C@@H](C)[C@@H](O)CO)C(=O)N2. The maximum absolute atomic E-state index is 15.2. The molecule has 1 aromatic carbocycles. The number of rotatable bonds is 15. The van der Waals surface area contributed by atoms with E-state index in [1.54, 1.807) is 26.0 Å². The van der Waals surface area contributed by atoms with E-state index in [0.717, 1.165) is 9.80 Å². The van der Waals surface area contributed by atoms with Gasteiger partial charge in [0.05, 0.1) is 67.5 Å². The molecule has 0 saturated carbocycles. The zero-order valence-electron chi connectivity index (χ0n) is 44.4. The number of likely N-dealkylation sites (tertiary alicyclic amines) is 1. The van der Waals surface area contributed by atoms with Crippen LogP contribution in [0.4, 0.5) is 0 Å². The number of aliphatic hydroxyl groups excluding tert-OH is 3. The minimum atomic E-state index is -2.48. The molecule has 4 aliphatic rings. The standard InChI is InChI=1S/C49H68N12O17S2/c1-5-22(2)40-46(74)53-15-35(66)54-30-21-80(77)48-26(25-6-7-33(78-4)27(42(25)59-48)20-79-11-10-51-37(68)18-61-38(69)8-9-39(61)70)13-28(43(71)52-16-36(67)57-40)55-47(75)41(23(3)32(64)19-62)58-45(73)31-12-24(63)17-60(31)49(76)29(14-34(50)65)56-44(30)72/h6-7,22-24,28-32,40-41,59,62-64H,5,8-21H2,1-4H3,(H2,50,65)(H,51,68)(H,52,71)(H,53,74)(H,54,66)(H,55,75)(H,56,72)(H,57,67)(H,58,73)/t22-,23-,24+,28-,29-,30-,31-,32-,40-,41-,80?/m0/s1. The Morgan fingerprint density at radius 1 is 0.875 bits per heavy atom. The highest BCUT2D eigenvalue weighted by molar-refractivity contribution is 7.98. The van der Waals surface area contributed by atoms with Crippen LogP contribution in [0.15, 0.2) is 17.2 Å². The molecule has 14 N–H and O–H groups in total. The number of nitrogens with two attached hydrogens (primary N) is 1. The first kappa shape index (κ1) is 62.0. The Bertz CT molecular complexity index is 2780. The fourth-order valence-corrected chi connectivity index (χ4v) is 11.9. The monoisotopic (exact) mass is 1160 g/mol. The van der Waals surface area contributed by atoms with Gasteiger partial charge in [0.2, 0.25) is 70.9 Å². The van der Waals surface area contributed by atoms with Gasteiger partial charge in [0.15, 0.2) is 0 Å². The largest absolute Gasteiger partial charge is 0.496 e. The lowest BCUT2D eigenvalue weighted by Crippen LogP contribution is -2.62. The summed E-state index contributed by atoms with van der Waals surface area (Å²) in [5, 5.41) is 51.8. The molecule has 12 amide bonds. The van der Waals surface area contributed by atoms with Crippen molar-refractivity contribution < 1.29 is 81.8 Å². The van der Waals surface area contributed by atoms with Gasteiger partial charge in [-0.15, -0.1) is 0 Å². The molecule has 0 aliphatic carbocycles. The second-order valence-corrected chi connectivity index (χ2v) is 22.4. The number of fused-ring (bicyclic) bond motifs is 5. The van der Waals surface area contributed by atoms with Gasteiger partial charge in [0, 0.05) is 67.1 Å². The van der Waals surface area contributed by atoms with E-state index in [1.807, 2.05) is 0 Å². The van der Waals surface area contributed by atoms with E-state index >= 15 is 4.21 Å². The summed E-state index contributed by atoms with van der Waals surface area (Å²) in [5.41, 5.74) is 6.33. The Morgan fingerprint density at radius 3 is 2.20 bits per heavy atom. The molecule has 4 aliphatic heterocycles. The first-order chi connectivity index (χ1) is 38.0. The van der Waals surface area contributed by atoms with Gasteiger partial charge < -0.3 is 78.2 Å². The Balaban J connectivity index is 1.51. The molecule has 0 spiro atoms. The number of imide groups is 1. The number of aliphatic hydroxyl groups is 3. The molecule has 2 saturated heterocycles. The molecule has 0 radical (unpaired) electrons. The zero-order chi connectivity index (χ0) is 58.7. The summed E-state index contributed by atoms with van der Waals surface area (Å²) in [7, 11) is -1.10. The molecular weight excluding hydrogens is 1090 g/mol. The molecule has 6 rings (SSSR count). The maximum atomic E-state index is 15.2. The number of H-pyrrole nitrogens is 1. The number of aromatic nitrogens is 1. The van der Waals surface area contributed by atoms with Gasteiger partial charge in [0.1, 0.15) is 53.6 Å². The lowest BCUT2D eigenvalue weighted by atomic mass is 9.93. The van der Waals surface area contributed by atoms with Gasteiger partial charge in [-0.2, -0.15) is 11.8 Å². The van der Waals surface area contributed by atoms with Gasteiger partial charge in [0.25, 0.3) is 0 Å². The molecule has 5 heterocycles. The summed E-state index contributed by atoms with van der Waals surface area (Å²) in [6.45, 7) is 1.24. The summed E-state index contributed by atoms with van der Waals surface area (Å²) < 4.78 is 21.0. The van der Waals surface area contributed by atoms with Crippen LogP contribution in [0.2, 0.25) is 0 Å². The first-order valence-electron chi connectivity index (χ1n) is 25.8. The number of ether oxygens (including phenoxy) is 1. The van der Waals surface area contributed by atoms with Crippen molar-refractivity contribution in [3.05, 3.63) is 23.3 Å². The fraction of sp³-hybridized carbons (Fsp3) is 0.592. The quantitative estimate of drug-likeness (QED) is 0.0583. The van der Waals surface area contributed by atoms with Crippen LogP contribution in [0.3, 0.4) is 0 Å². The molecule has 1 aromatic heterocycles. The van der Waals surface area contributed by atoms with Crippen molar-refractivity contribution in [1.29, 1.82) is 0 Å². The second-order valence-electron chi connectivity index (χ2n) is 19.9. The van der Waals surface area contributed by atoms with Crippen molar-refractivity contribution in [2.24, 2.45) is 17.6 Å². The van der Waals surface area contributed by atoms with Crippen LogP contribution >= 0.6 is 11.8 Å². The number of aromatic amines is 1. The molecule has 31 heteroatoms. The molecular formula is C49H68N12O17S2. The van der Waals surface area contributed by atoms with E-state index in [-0.39, 0.29) is 52.4 Å². The van der Waals surface area contributed by atoms with Crippen LogP contribution in [0, 0.1) is 11.8 Å². The van der Waals surface area contributed by atoms with Crippen molar-refractivity contribution in [3.8, 4) is 5.75 Å². The third-order valence-corrected chi connectivity index (χ3v) is 16.7. The van der Waals surface area contributed by atoms with Gasteiger partial charge in [-0.25, -0.2) is 0 Å². The van der Waals surface area contributed by atoms with Crippen LogP contribution in [-0.4, -0.2) is 212 Å². The lowest BCUT2D eigenvalue weighted by molar-refractivity contribution is -0.144. The van der Waals surface area contributed by atoms with Crippen LogP contribution in [0.5, 0.6) is 5.75 Å². The summed E-state index contributed by atoms with van der Waals surface area (Å²) >= 11 is 1.29. The predicted molar refractivity (Wildman–Crippen MR) is 282 cm³/mol. The predicted octanol–water partition coefficient (Wildman–Crippen LogP) is -6.12. The van der Waals surface area contributed by atoms with E-state index in [1.165, 1.54) is 25.8 Å². The number of carbonyl (C=O) groups excluding carboxylic acids is 12. The number of thioether (sulfide) groups is 1. The number of hydrogen-bond donors (Lipinski definition) is 13. The summed E-state index contributed by atoms with van der Waals surface area (Å²) in [6.07, 6.45) is -4.62. The molecule has 80 heavy (non-hydrogen) atoms. The van der Waals surface area contributed by atoms with E-state index in [9.17, 15) is 72.9 Å². The van der Waals surface area contributed by atoms with Gasteiger partial charge in [-0.05, 0) is 23.6 Å². The third kappa shape index (κ3) is 15.2. The molecule has 2 fully saturated rings. The molecule has 2 aromatic rings. The minimum Gasteiger partial charge on any atom is -0.496 e. The molecule has 29 nitrogen and oxygen atoms in total. The zero-order valence-corrected chi connectivity index (χ0v) is 46.0. The van der Waals surface area contributed by atoms with Crippen LogP contribution in [0.1, 0.15) is 64.0 Å². The average molecular weight is 1160 g/mol. The van der Waals surface area contributed by atoms with E-state index < -0.39 is 200 Å². The van der Waals surface area contributed by atoms with Gasteiger partial charge in [-0.1, -0.05) is 27.2 Å². The number of methoxy groups -OCH3 is 1. The number of amides is 12. The van der Waals surface area contributed by atoms with E-state index in [4.69, 9.17) is 10.5 Å². The smallest absolute Gasteiger partial charge is 0.246 e. The topological polar surface area (TPSA) is 436 Å². The van der Waals surface area contributed by atoms with Crippen molar-refractivity contribution in [3.63, 3.8) is 0 Å². The number of benzene rings is 1. The average Bonchev–Trinajstić information content (AvgIpc) is 4.12. The third-order valence-electron chi connectivity index (χ3n) is 14.3. The highest BCUT2D eigenvalue weighted by Crippen LogP contribution is 2.36. The van der Waals surface area contributed by atoms with Gasteiger partial charge >= 0.3 is 0 Å². The Morgan fingerprint density at radius 2 is 1.55 bits per heavy atom. The molecule has 11 atom stereocenters. The highest BCUT2D eigenvalue weighted by Gasteiger charge is 2.45. The van der Waals surface area contributed by atoms with Crippen molar-refractivity contribution in [2.75, 3.05) is 57.9 Å². The van der Waals surface area contributed by atoms with E-state index in [2.05, 4.69) is 47.5 Å². The normalized spacial score (nSPS) is 26.1. The summed E-state index contributed by atoms with van der Waals surface area (Å²) in [4.78, 5) is 168. The van der Waals surface area contributed by atoms with Crippen molar-refractivity contribution in [1.82, 2.24) is 57.3 Å². The molecule has 438 valence electrons. The molecule has 2 bridgehead atoms. The fourth-order valence-electron chi connectivity index (χ4n) is 9.59. The van der Waals surface area contributed by atoms with Crippen LogP contribution in [0.25, 0.3) is 10.9 Å². The van der Waals surface area contributed by atoms with Crippen LogP contribution in [-0.2, 0) is 80.5 Å². The Hall–Kier alpha value is -7.22. The van der Waals surface area contributed by atoms with Crippen molar-refractivity contribution in [2.45, 2.75) is 119 Å². The number of nitrogens with zero attached hydrogens (tertiary/aromatic N) is 2. The number of carbonyl (C=O) groups is 12.